The highest BCUT2D eigenvalue weighted by Gasteiger charge is 2.49. The van der Waals surface area contributed by atoms with Gasteiger partial charge in [0, 0.05) is 13.1 Å². The summed E-state index contributed by atoms with van der Waals surface area (Å²) in [5.41, 5.74) is -1.07. The normalized spacial score (nSPS) is 19.8. The number of carbonyl (C=O) groups excluding carboxylic acids is 3. The highest BCUT2D eigenvalue weighted by atomic mass is 35.5. The minimum Gasteiger partial charge on any atom is -0.464 e. The van der Waals surface area contributed by atoms with E-state index in [-0.39, 0.29) is 30.0 Å². The highest BCUT2D eigenvalue weighted by Crippen LogP contribution is 2.32. The van der Waals surface area contributed by atoms with Crippen LogP contribution < -0.4 is 0 Å². The van der Waals surface area contributed by atoms with Gasteiger partial charge in [-0.2, -0.15) is 0 Å². The first-order chi connectivity index (χ1) is 12.9. The van der Waals surface area contributed by atoms with Crippen molar-refractivity contribution in [2.45, 2.75) is 46.1 Å². The summed E-state index contributed by atoms with van der Waals surface area (Å²) in [5.74, 6) is -1.49. The van der Waals surface area contributed by atoms with Gasteiger partial charge in [-0.3, -0.25) is 9.59 Å². The number of hydrogen-bond acceptors (Lipinski definition) is 4. The van der Waals surface area contributed by atoms with Crippen molar-refractivity contribution in [3.8, 4) is 0 Å². The Kier molecular flexibility index (Phi) is 9.29. The van der Waals surface area contributed by atoms with Gasteiger partial charge in [0.2, 0.25) is 5.91 Å². The van der Waals surface area contributed by atoms with E-state index in [0.717, 1.165) is 0 Å². The molecule has 0 saturated carbocycles. The summed E-state index contributed by atoms with van der Waals surface area (Å²) in [6.07, 6.45) is 10.3. The Morgan fingerprint density at radius 2 is 1.89 bits per heavy atom. The predicted octanol–water partition coefficient (Wildman–Crippen LogP) is 3.03. The fourth-order valence-electron chi connectivity index (χ4n) is 2.92. The molecule has 0 saturated heterocycles. The maximum atomic E-state index is 13.1. The van der Waals surface area contributed by atoms with E-state index in [1.807, 2.05) is 38.2 Å². The lowest BCUT2D eigenvalue weighted by molar-refractivity contribution is -0.156. The molecule has 0 N–H and O–H groups in total. The Morgan fingerprint density at radius 1 is 1.26 bits per heavy atom. The number of carbonyl (C=O) groups is 3. The Labute approximate surface area is 166 Å². The van der Waals surface area contributed by atoms with Crippen LogP contribution in [0.4, 0.5) is 0 Å². The van der Waals surface area contributed by atoms with Crippen molar-refractivity contribution in [3.63, 3.8) is 0 Å². The molecule has 0 aliphatic carbocycles. The summed E-state index contributed by atoms with van der Waals surface area (Å²) in [6.45, 7) is 8.00. The van der Waals surface area contributed by atoms with E-state index in [9.17, 15) is 14.4 Å². The molecular weight excluding hydrogens is 368 g/mol. The van der Waals surface area contributed by atoms with Crippen molar-refractivity contribution in [2.75, 3.05) is 25.6 Å². The summed E-state index contributed by atoms with van der Waals surface area (Å²) in [4.78, 5) is 40.9. The molecule has 1 heterocycles. The summed E-state index contributed by atoms with van der Waals surface area (Å²) < 4.78 is 5.19. The molecule has 0 fully saturated rings. The molecule has 1 aliphatic rings. The van der Waals surface area contributed by atoms with Gasteiger partial charge >= 0.3 is 5.97 Å². The van der Waals surface area contributed by atoms with E-state index in [0.29, 0.717) is 25.9 Å². The van der Waals surface area contributed by atoms with Crippen LogP contribution in [0.1, 0.15) is 40.5 Å². The summed E-state index contributed by atoms with van der Waals surface area (Å²) in [6, 6.07) is 0. The lowest BCUT2D eigenvalue weighted by Gasteiger charge is -2.32. The molecular formula is C20H29ClN2O4. The molecule has 1 aliphatic heterocycles. The van der Waals surface area contributed by atoms with Crippen LogP contribution in [0.25, 0.3) is 0 Å². The van der Waals surface area contributed by atoms with Crippen LogP contribution in [-0.4, -0.2) is 58.7 Å². The molecule has 1 rings (SSSR count). The van der Waals surface area contributed by atoms with Gasteiger partial charge in [-0.1, -0.05) is 24.3 Å². The zero-order valence-electron chi connectivity index (χ0n) is 16.5. The third-order valence-electron chi connectivity index (χ3n) is 4.35. The van der Waals surface area contributed by atoms with Crippen molar-refractivity contribution >= 4 is 29.4 Å². The second kappa shape index (κ2) is 10.9. The maximum absolute atomic E-state index is 13.1. The molecule has 0 aromatic heterocycles. The number of rotatable bonds is 10. The second-order valence-corrected chi connectivity index (χ2v) is 6.52. The van der Waals surface area contributed by atoms with Gasteiger partial charge in [0.05, 0.1) is 6.61 Å². The van der Waals surface area contributed by atoms with Crippen LogP contribution in [0.2, 0.25) is 0 Å². The number of amides is 2. The monoisotopic (exact) mass is 396 g/mol. The van der Waals surface area contributed by atoms with Crippen LogP contribution in [0.3, 0.4) is 0 Å². The first-order valence-corrected chi connectivity index (χ1v) is 9.71. The number of nitrogens with zero attached hydrogens (tertiary/aromatic N) is 2. The molecule has 6 nitrogen and oxygen atoms in total. The van der Waals surface area contributed by atoms with E-state index in [4.69, 9.17) is 16.3 Å². The lowest BCUT2D eigenvalue weighted by atomic mass is 10.0. The molecule has 0 spiro atoms. The molecule has 0 radical (unpaired) electrons. The van der Waals surface area contributed by atoms with Crippen molar-refractivity contribution in [1.29, 1.82) is 0 Å². The molecule has 0 aromatic rings. The quantitative estimate of drug-likeness (QED) is 0.323. The summed E-state index contributed by atoms with van der Waals surface area (Å²) in [7, 11) is 0. The average Bonchev–Trinajstić information content (AvgIpc) is 2.91. The topological polar surface area (TPSA) is 66.9 Å². The fraction of sp³-hybridized carbons (Fsp3) is 0.550. The summed E-state index contributed by atoms with van der Waals surface area (Å²) in [5, 5.41) is 0. The minimum absolute atomic E-state index is 0.182. The third kappa shape index (κ3) is 5.45. The van der Waals surface area contributed by atoms with Gasteiger partial charge in [-0.25, -0.2) is 4.79 Å². The van der Waals surface area contributed by atoms with Gasteiger partial charge in [-0.05, 0) is 46.6 Å². The number of esters is 1. The van der Waals surface area contributed by atoms with E-state index >= 15 is 0 Å². The molecule has 150 valence electrons. The van der Waals surface area contributed by atoms with Crippen molar-refractivity contribution in [1.82, 2.24) is 9.80 Å². The largest absolute Gasteiger partial charge is 0.464 e. The van der Waals surface area contributed by atoms with E-state index in [1.54, 1.807) is 13.8 Å². The molecule has 1 unspecified atom stereocenters. The number of ether oxygens (including phenoxy) is 1. The highest BCUT2D eigenvalue weighted by molar-refractivity contribution is 6.27. The van der Waals surface area contributed by atoms with Crippen molar-refractivity contribution in [3.05, 3.63) is 36.1 Å². The smallest absolute Gasteiger partial charge is 0.335 e. The summed E-state index contributed by atoms with van der Waals surface area (Å²) >= 11 is 5.75. The van der Waals surface area contributed by atoms with E-state index in [1.165, 1.54) is 15.9 Å². The van der Waals surface area contributed by atoms with Crippen LogP contribution in [-0.2, 0) is 19.1 Å². The average molecular weight is 397 g/mol. The molecule has 2 amide bonds. The zero-order valence-corrected chi connectivity index (χ0v) is 17.3. The SMILES string of the molecule is C/C=C/CCN(C(=O)CCl)C1=CC(C)(C(=O)OCC)N(CC/C=C/C)C1=O. The van der Waals surface area contributed by atoms with Gasteiger partial charge in [0.1, 0.15) is 11.6 Å². The van der Waals surface area contributed by atoms with Crippen LogP contribution in [0.5, 0.6) is 0 Å². The zero-order chi connectivity index (χ0) is 20.4. The molecule has 0 bridgehead atoms. The Bertz CT molecular complexity index is 642. The first-order valence-electron chi connectivity index (χ1n) is 9.18. The van der Waals surface area contributed by atoms with E-state index < -0.39 is 11.5 Å². The van der Waals surface area contributed by atoms with Crippen molar-refractivity contribution < 1.29 is 19.1 Å². The standard InChI is InChI=1S/C20H29ClN2O4/c1-5-8-10-12-22(17(24)15-21)16-14-20(4,19(26)27-7-3)23(18(16)25)13-11-9-6-2/h5-6,8-9,14H,7,10-13,15H2,1-4H3/b8-5+,9-6+. The number of alkyl halides is 1. The van der Waals surface area contributed by atoms with Gasteiger partial charge in [-0.15, -0.1) is 11.6 Å². The first kappa shape index (κ1) is 23.0. The van der Waals surface area contributed by atoms with Gasteiger partial charge < -0.3 is 14.5 Å². The van der Waals surface area contributed by atoms with E-state index in [2.05, 4.69) is 0 Å². The number of hydrogen-bond donors (Lipinski definition) is 0. The fourth-order valence-corrected chi connectivity index (χ4v) is 3.07. The van der Waals surface area contributed by atoms with Crippen LogP contribution >= 0.6 is 11.6 Å². The van der Waals surface area contributed by atoms with Gasteiger partial charge in [0.25, 0.3) is 5.91 Å². The maximum Gasteiger partial charge on any atom is 0.335 e. The molecule has 1 atom stereocenters. The predicted molar refractivity (Wildman–Crippen MR) is 106 cm³/mol. The van der Waals surface area contributed by atoms with Crippen LogP contribution in [0, 0.1) is 0 Å². The van der Waals surface area contributed by atoms with Gasteiger partial charge in [0.15, 0.2) is 5.54 Å². The second-order valence-electron chi connectivity index (χ2n) is 6.25. The molecule has 0 aromatic carbocycles. The Hall–Kier alpha value is -2.08. The number of allylic oxidation sites excluding steroid dienone is 2. The third-order valence-corrected chi connectivity index (χ3v) is 4.58. The van der Waals surface area contributed by atoms with Crippen LogP contribution in [0.15, 0.2) is 36.1 Å². The lowest BCUT2D eigenvalue weighted by Crippen LogP contribution is -2.51. The van der Waals surface area contributed by atoms with Crippen molar-refractivity contribution in [2.24, 2.45) is 0 Å². The molecule has 27 heavy (non-hydrogen) atoms. The number of halogens is 1. The Balaban J connectivity index is 3.27. The minimum atomic E-state index is -1.25. The molecule has 7 heteroatoms. The Morgan fingerprint density at radius 3 is 2.44 bits per heavy atom.